The molecule has 3 rings (SSSR count). The van der Waals surface area contributed by atoms with Gasteiger partial charge in [-0.3, -0.25) is 4.79 Å². The van der Waals surface area contributed by atoms with Crippen molar-refractivity contribution >= 4 is 29.1 Å². The van der Waals surface area contributed by atoms with Gasteiger partial charge in [-0.05, 0) is 30.6 Å². The predicted octanol–water partition coefficient (Wildman–Crippen LogP) is 1.77. The Balaban J connectivity index is 1.85. The number of esters is 1. The van der Waals surface area contributed by atoms with Crippen LogP contribution in [0.4, 0.5) is 5.69 Å². The molecule has 1 amide bonds. The standard InChI is InChI=1S/C12H9N3O3S/c1-6-10(19-15-14-6)11(16)13-8-3-2-7-5-18-12(17)9(7)4-8/h2-4H,5H2,1H3,(H,13,16). The van der Waals surface area contributed by atoms with Gasteiger partial charge >= 0.3 is 5.97 Å². The number of hydrogen-bond acceptors (Lipinski definition) is 6. The van der Waals surface area contributed by atoms with Gasteiger partial charge in [0.25, 0.3) is 5.91 Å². The number of hydrogen-bond donors (Lipinski definition) is 1. The molecule has 0 fully saturated rings. The lowest BCUT2D eigenvalue weighted by molar-refractivity contribution is 0.0535. The Morgan fingerprint density at radius 3 is 3.05 bits per heavy atom. The molecule has 0 spiro atoms. The topological polar surface area (TPSA) is 81.2 Å². The van der Waals surface area contributed by atoms with Gasteiger partial charge in [0.1, 0.15) is 11.5 Å². The highest BCUT2D eigenvalue weighted by atomic mass is 32.1. The summed E-state index contributed by atoms with van der Waals surface area (Å²) in [4.78, 5) is 23.9. The van der Waals surface area contributed by atoms with Gasteiger partial charge in [-0.2, -0.15) is 0 Å². The summed E-state index contributed by atoms with van der Waals surface area (Å²) in [5.41, 5.74) is 2.47. The molecule has 0 aliphatic carbocycles. The second-order valence-electron chi connectivity index (χ2n) is 4.09. The molecule has 1 aromatic heterocycles. The van der Waals surface area contributed by atoms with E-state index in [1.54, 1.807) is 25.1 Å². The third-order valence-corrected chi connectivity index (χ3v) is 3.63. The Morgan fingerprint density at radius 2 is 2.32 bits per heavy atom. The largest absolute Gasteiger partial charge is 0.457 e. The Morgan fingerprint density at radius 1 is 1.47 bits per heavy atom. The van der Waals surface area contributed by atoms with Gasteiger partial charge in [-0.25, -0.2) is 4.79 Å². The van der Waals surface area contributed by atoms with Crippen molar-refractivity contribution in [2.75, 3.05) is 5.32 Å². The van der Waals surface area contributed by atoms with Crippen molar-refractivity contribution in [1.29, 1.82) is 0 Å². The molecule has 0 bridgehead atoms. The summed E-state index contributed by atoms with van der Waals surface area (Å²) < 4.78 is 8.62. The second kappa shape index (κ2) is 4.43. The number of cyclic esters (lactones) is 1. The zero-order chi connectivity index (χ0) is 13.4. The van der Waals surface area contributed by atoms with Crippen LogP contribution in [0, 0.1) is 6.92 Å². The molecular formula is C12H9N3O3S. The van der Waals surface area contributed by atoms with Crippen LogP contribution in [-0.4, -0.2) is 21.5 Å². The third kappa shape index (κ3) is 2.08. The lowest BCUT2D eigenvalue weighted by Gasteiger charge is -2.04. The third-order valence-electron chi connectivity index (χ3n) is 2.80. The number of amides is 1. The number of aryl methyl sites for hydroxylation is 1. The molecule has 1 aromatic carbocycles. The van der Waals surface area contributed by atoms with Crippen molar-refractivity contribution in [3.05, 3.63) is 39.9 Å². The number of fused-ring (bicyclic) bond motifs is 1. The van der Waals surface area contributed by atoms with Crippen LogP contribution in [0.5, 0.6) is 0 Å². The van der Waals surface area contributed by atoms with E-state index in [9.17, 15) is 9.59 Å². The van der Waals surface area contributed by atoms with Crippen molar-refractivity contribution in [1.82, 2.24) is 9.59 Å². The molecule has 19 heavy (non-hydrogen) atoms. The van der Waals surface area contributed by atoms with Crippen molar-refractivity contribution in [2.45, 2.75) is 13.5 Å². The van der Waals surface area contributed by atoms with Gasteiger partial charge in [-0.15, -0.1) is 5.10 Å². The van der Waals surface area contributed by atoms with E-state index in [-0.39, 0.29) is 11.9 Å². The minimum atomic E-state index is -0.360. The van der Waals surface area contributed by atoms with Crippen LogP contribution in [0.3, 0.4) is 0 Å². The van der Waals surface area contributed by atoms with E-state index < -0.39 is 0 Å². The Hall–Kier alpha value is -2.28. The molecule has 1 aliphatic rings. The number of anilines is 1. The van der Waals surface area contributed by atoms with Crippen molar-refractivity contribution in [3.8, 4) is 0 Å². The summed E-state index contributed by atoms with van der Waals surface area (Å²) >= 11 is 1.04. The molecule has 0 saturated heterocycles. The van der Waals surface area contributed by atoms with Crippen molar-refractivity contribution < 1.29 is 14.3 Å². The van der Waals surface area contributed by atoms with Crippen LogP contribution in [-0.2, 0) is 11.3 Å². The first kappa shape index (κ1) is 11.8. The van der Waals surface area contributed by atoms with Crippen LogP contribution < -0.4 is 5.32 Å². The monoisotopic (exact) mass is 275 g/mol. The number of carbonyl (C=O) groups excluding carboxylic acids is 2. The van der Waals surface area contributed by atoms with E-state index in [0.29, 0.717) is 28.4 Å². The number of aromatic nitrogens is 2. The van der Waals surface area contributed by atoms with E-state index in [1.807, 2.05) is 0 Å². The fourth-order valence-electron chi connectivity index (χ4n) is 1.82. The van der Waals surface area contributed by atoms with E-state index >= 15 is 0 Å². The minimum absolute atomic E-state index is 0.279. The first-order valence-corrected chi connectivity index (χ1v) is 6.33. The van der Waals surface area contributed by atoms with Gasteiger partial charge in [-0.1, -0.05) is 10.6 Å². The molecular weight excluding hydrogens is 266 g/mol. The van der Waals surface area contributed by atoms with Crippen LogP contribution in [0.15, 0.2) is 18.2 Å². The Kier molecular flexibility index (Phi) is 2.75. The molecule has 1 N–H and O–H groups in total. The maximum atomic E-state index is 12.0. The van der Waals surface area contributed by atoms with E-state index in [2.05, 4.69) is 14.9 Å². The molecule has 0 saturated carbocycles. The van der Waals surface area contributed by atoms with E-state index in [1.165, 1.54) is 0 Å². The van der Waals surface area contributed by atoms with Crippen LogP contribution in [0.2, 0.25) is 0 Å². The van der Waals surface area contributed by atoms with Gasteiger partial charge in [0.05, 0.1) is 11.3 Å². The first-order valence-electron chi connectivity index (χ1n) is 5.55. The normalized spacial score (nSPS) is 13.0. The Labute approximate surface area is 112 Å². The lowest BCUT2D eigenvalue weighted by atomic mass is 10.1. The van der Waals surface area contributed by atoms with Crippen molar-refractivity contribution in [2.24, 2.45) is 0 Å². The fourth-order valence-corrected chi connectivity index (χ4v) is 2.37. The summed E-state index contributed by atoms with van der Waals surface area (Å²) in [5.74, 6) is -0.638. The molecule has 0 radical (unpaired) electrons. The van der Waals surface area contributed by atoms with Gasteiger partial charge < -0.3 is 10.1 Å². The van der Waals surface area contributed by atoms with E-state index in [4.69, 9.17) is 4.74 Å². The van der Waals surface area contributed by atoms with Crippen LogP contribution >= 0.6 is 11.5 Å². The van der Waals surface area contributed by atoms with Gasteiger partial charge in [0.15, 0.2) is 0 Å². The smallest absolute Gasteiger partial charge is 0.338 e. The molecule has 0 unspecified atom stereocenters. The highest BCUT2D eigenvalue weighted by molar-refractivity contribution is 7.08. The molecule has 2 heterocycles. The number of benzene rings is 1. The average molecular weight is 275 g/mol. The molecule has 6 nitrogen and oxygen atoms in total. The van der Waals surface area contributed by atoms with Crippen LogP contribution in [0.1, 0.15) is 31.3 Å². The SMILES string of the molecule is Cc1nnsc1C(=O)Nc1ccc2c(c1)C(=O)OC2. The van der Waals surface area contributed by atoms with Gasteiger partial charge in [0, 0.05) is 11.3 Å². The lowest BCUT2D eigenvalue weighted by Crippen LogP contribution is -2.12. The molecule has 0 atom stereocenters. The fraction of sp³-hybridized carbons (Fsp3) is 0.167. The minimum Gasteiger partial charge on any atom is -0.457 e. The summed E-state index contributed by atoms with van der Waals surface area (Å²) in [6.07, 6.45) is 0. The zero-order valence-corrected chi connectivity index (χ0v) is 10.8. The second-order valence-corrected chi connectivity index (χ2v) is 4.84. The quantitative estimate of drug-likeness (QED) is 0.845. The van der Waals surface area contributed by atoms with Gasteiger partial charge in [0.2, 0.25) is 0 Å². The maximum Gasteiger partial charge on any atom is 0.338 e. The predicted molar refractivity (Wildman–Crippen MR) is 68.2 cm³/mol. The molecule has 7 heteroatoms. The zero-order valence-electron chi connectivity index (χ0n) is 9.97. The molecule has 1 aliphatic heterocycles. The van der Waals surface area contributed by atoms with E-state index in [0.717, 1.165) is 17.1 Å². The molecule has 2 aromatic rings. The van der Waals surface area contributed by atoms with Crippen molar-refractivity contribution in [3.63, 3.8) is 0 Å². The highest BCUT2D eigenvalue weighted by Crippen LogP contribution is 2.24. The molecule has 96 valence electrons. The number of carbonyl (C=O) groups is 2. The number of ether oxygens (including phenoxy) is 1. The Bertz CT molecular complexity index is 681. The number of nitrogens with one attached hydrogen (secondary N) is 1. The number of rotatable bonds is 2. The highest BCUT2D eigenvalue weighted by Gasteiger charge is 2.22. The number of nitrogens with zero attached hydrogens (tertiary/aromatic N) is 2. The average Bonchev–Trinajstić information content (AvgIpc) is 2.97. The summed E-state index contributed by atoms with van der Waals surface area (Å²) in [5, 5.41) is 6.50. The first-order chi connectivity index (χ1) is 9.15. The van der Waals surface area contributed by atoms with Crippen LogP contribution in [0.25, 0.3) is 0 Å². The summed E-state index contributed by atoms with van der Waals surface area (Å²) in [6.45, 7) is 2.01. The summed E-state index contributed by atoms with van der Waals surface area (Å²) in [7, 11) is 0. The summed E-state index contributed by atoms with van der Waals surface area (Å²) in [6, 6.07) is 5.13. The maximum absolute atomic E-state index is 12.0.